The minimum absolute atomic E-state index is 0.0228. The molecule has 2 aromatic carbocycles. The lowest BCUT2D eigenvalue weighted by Gasteiger charge is -2.33. The van der Waals surface area contributed by atoms with Gasteiger partial charge in [0.15, 0.2) is 0 Å². The maximum absolute atomic E-state index is 6.25. The molecular weight excluding hydrogens is 268 g/mol. The summed E-state index contributed by atoms with van der Waals surface area (Å²) in [6.45, 7) is 8.37. The number of hydrogen-bond acceptors (Lipinski definition) is 2. The molecule has 2 aromatic rings. The van der Waals surface area contributed by atoms with Crippen molar-refractivity contribution in [2.45, 2.75) is 20.0 Å². The maximum atomic E-state index is 6.25. The Morgan fingerprint density at radius 3 is 2.35 bits per heavy atom. The molecule has 0 aliphatic carbocycles. The van der Waals surface area contributed by atoms with Gasteiger partial charge in [-0.05, 0) is 37.1 Å². The van der Waals surface area contributed by atoms with Crippen LogP contribution in [0.4, 0.5) is 5.69 Å². The van der Waals surface area contributed by atoms with E-state index >= 15 is 0 Å². The average molecular weight is 285 g/mol. The van der Waals surface area contributed by atoms with Crippen molar-refractivity contribution in [3.63, 3.8) is 0 Å². The molecule has 0 spiro atoms. The molecule has 0 saturated heterocycles. The fraction of sp³-hybridized carbons (Fsp3) is 0.176. The molecule has 1 aliphatic heterocycles. The molecule has 1 atom stereocenters. The minimum Gasteiger partial charge on any atom is -0.361 e. The van der Waals surface area contributed by atoms with Crippen molar-refractivity contribution in [2.75, 3.05) is 5.32 Å². The fourth-order valence-electron chi connectivity index (χ4n) is 2.82. The second-order valence-corrected chi connectivity index (χ2v) is 5.58. The molecule has 0 aromatic heterocycles. The number of aryl methyl sites for hydroxylation is 2. The predicted octanol–water partition coefficient (Wildman–Crippen LogP) is 4.64. The van der Waals surface area contributed by atoms with Crippen molar-refractivity contribution < 1.29 is 0 Å². The standard InChI is InChI=1S/C17H17ClN2/c1-10-6-4-7-11(2)15(10)17-19-12(3)16-13(18)8-5-9-14(16)20-17/h4-9,17,19-20H,3H2,1-2H3. The summed E-state index contributed by atoms with van der Waals surface area (Å²) in [5.41, 5.74) is 6.61. The van der Waals surface area contributed by atoms with Crippen molar-refractivity contribution >= 4 is 23.0 Å². The molecule has 3 rings (SSSR count). The van der Waals surface area contributed by atoms with Crippen molar-refractivity contribution in [1.29, 1.82) is 0 Å². The molecule has 0 amide bonds. The van der Waals surface area contributed by atoms with Crippen molar-refractivity contribution in [2.24, 2.45) is 0 Å². The van der Waals surface area contributed by atoms with Crippen LogP contribution in [0.1, 0.15) is 28.4 Å². The summed E-state index contributed by atoms with van der Waals surface area (Å²) >= 11 is 6.25. The van der Waals surface area contributed by atoms with Gasteiger partial charge < -0.3 is 10.6 Å². The van der Waals surface area contributed by atoms with Gasteiger partial charge in [0.1, 0.15) is 6.17 Å². The average Bonchev–Trinajstić information content (AvgIpc) is 2.38. The van der Waals surface area contributed by atoms with Crippen LogP contribution in [0.25, 0.3) is 5.70 Å². The van der Waals surface area contributed by atoms with E-state index in [4.69, 9.17) is 11.6 Å². The third-order valence-corrected chi connectivity index (χ3v) is 4.08. The summed E-state index contributed by atoms with van der Waals surface area (Å²) in [7, 11) is 0. The van der Waals surface area contributed by atoms with Gasteiger partial charge in [-0.15, -0.1) is 0 Å². The van der Waals surface area contributed by atoms with E-state index in [1.54, 1.807) is 0 Å². The summed E-state index contributed by atoms with van der Waals surface area (Å²) in [6.07, 6.45) is 0.0228. The van der Waals surface area contributed by atoms with E-state index in [0.717, 1.165) is 16.9 Å². The van der Waals surface area contributed by atoms with Crippen LogP contribution in [0.5, 0.6) is 0 Å². The monoisotopic (exact) mass is 284 g/mol. The van der Waals surface area contributed by atoms with E-state index in [9.17, 15) is 0 Å². The summed E-state index contributed by atoms with van der Waals surface area (Å²) in [5.74, 6) is 0. The quantitative estimate of drug-likeness (QED) is 0.797. The van der Waals surface area contributed by atoms with E-state index in [2.05, 4.69) is 49.3 Å². The maximum Gasteiger partial charge on any atom is 0.124 e. The van der Waals surface area contributed by atoms with Gasteiger partial charge in [0.2, 0.25) is 0 Å². The molecule has 1 unspecified atom stereocenters. The van der Waals surface area contributed by atoms with Crippen molar-refractivity contribution in [1.82, 2.24) is 5.32 Å². The van der Waals surface area contributed by atoms with E-state index in [1.807, 2.05) is 18.2 Å². The number of nitrogens with one attached hydrogen (secondary N) is 2. The van der Waals surface area contributed by atoms with Crippen LogP contribution in [0.2, 0.25) is 5.02 Å². The van der Waals surface area contributed by atoms with E-state index < -0.39 is 0 Å². The van der Waals surface area contributed by atoms with Gasteiger partial charge in [0.25, 0.3) is 0 Å². The summed E-state index contributed by atoms with van der Waals surface area (Å²) in [5, 5.41) is 7.65. The van der Waals surface area contributed by atoms with Gasteiger partial charge in [-0.2, -0.15) is 0 Å². The van der Waals surface area contributed by atoms with Gasteiger partial charge in [0.05, 0.1) is 5.02 Å². The number of benzene rings is 2. The Morgan fingerprint density at radius 1 is 1.00 bits per heavy atom. The zero-order valence-electron chi connectivity index (χ0n) is 11.6. The first-order chi connectivity index (χ1) is 9.58. The molecule has 3 heteroatoms. The van der Waals surface area contributed by atoms with Crippen LogP contribution in [0, 0.1) is 13.8 Å². The first-order valence-electron chi connectivity index (χ1n) is 6.65. The molecule has 1 heterocycles. The van der Waals surface area contributed by atoms with Gasteiger partial charge >= 0.3 is 0 Å². The molecule has 0 saturated carbocycles. The topological polar surface area (TPSA) is 24.1 Å². The normalized spacial score (nSPS) is 17.1. The molecule has 0 bridgehead atoms. The first kappa shape index (κ1) is 13.1. The Kier molecular flexibility index (Phi) is 3.19. The summed E-state index contributed by atoms with van der Waals surface area (Å²) < 4.78 is 0. The number of fused-ring (bicyclic) bond motifs is 1. The van der Waals surface area contributed by atoms with Gasteiger partial charge in [0, 0.05) is 22.5 Å². The van der Waals surface area contributed by atoms with Gasteiger partial charge in [-0.25, -0.2) is 0 Å². The predicted molar refractivity (Wildman–Crippen MR) is 85.9 cm³/mol. The Labute approximate surface area is 124 Å². The largest absolute Gasteiger partial charge is 0.361 e. The van der Waals surface area contributed by atoms with Crippen LogP contribution in [-0.2, 0) is 0 Å². The lowest BCUT2D eigenvalue weighted by Crippen LogP contribution is -2.32. The number of hydrogen-bond donors (Lipinski definition) is 2. The van der Waals surface area contributed by atoms with Crippen LogP contribution >= 0.6 is 11.6 Å². The molecular formula is C17H17ClN2. The molecule has 102 valence electrons. The van der Waals surface area contributed by atoms with Crippen LogP contribution < -0.4 is 10.6 Å². The fourth-order valence-corrected chi connectivity index (χ4v) is 3.10. The third kappa shape index (κ3) is 2.06. The minimum atomic E-state index is 0.0228. The highest BCUT2D eigenvalue weighted by atomic mass is 35.5. The Balaban J connectivity index is 2.06. The van der Waals surface area contributed by atoms with Gasteiger partial charge in [-0.1, -0.05) is 42.4 Å². The highest BCUT2D eigenvalue weighted by Gasteiger charge is 2.24. The smallest absolute Gasteiger partial charge is 0.124 e. The molecule has 0 fully saturated rings. The highest BCUT2D eigenvalue weighted by Crippen LogP contribution is 2.37. The van der Waals surface area contributed by atoms with E-state index in [-0.39, 0.29) is 6.17 Å². The Bertz CT molecular complexity index is 671. The van der Waals surface area contributed by atoms with E-state index in [0.29, 0.717) is 5.02 Å². The Hall–Kier alpha value is -1.93. The first-order valence-corrected chi connectivity index (χ1v) is 7.02. The summed E-state index contributed by atoms with van der Waals surface area (Å²) in [6, 6.07) is 12.2. The Morgan fingerprint density at radius 2 is 1.65 bits per heavy atom. The van der Waals surface area contributed by atoms with Gasteiger partial charge in [-0.3, -0.25) is 0 Å². The third-order valence-electron chi connectivity index (χ3n) is 3.76. The van der Waals surface area contributed by atoms with Crippen molar-refractivity contribution in [3.8, 4) is 0 Å². The van der Waals surface area contributed by atoms with Crippen LogP contribution in [0.3, 0.4) is 0 Å². The number of rotatable bonds is 1. The lowest BCUT2D eigenvalue weighted by molar-refractivity contribution is 0.694. The van der Waals surface area contributed by atoms with Crippen LogP contribution in [-0.4, -0.2) is 0 Å². The SMILES string of the molecule is C=C1NC(c2c(C)cccc2C)Nc2cccc(Cl)c21. The molecule has 0 radical (unpaired) electrons. The van der Waals surface area contributed by atoms with E-state index in [1.165, 1.54) is 16.7 Å². The zero-order valence-corrected chi connectivity index (χ0v) is 12.4. The summed E-state index contributed by atoms with van der Waals surface area (Å²) in [4.78, 5) is 0. The lowest BCUT2D eigenvalue weighted by atomic mass is 9.97. The molecule has 20 heavy (non-hydrogen) atoms. The second-order valence-electron chi connectivity index (χ2n) is 5.17. The number of anilines is 1. The molecule has 2 nitrogen and oxygen atoms in total. The number of halogens is 1. The van der Waals surface area contributed by atoms with Crippen LogP contribution in [0.15, 0.2) is 43.0 Å². The molecule has 2 N–H and O–H groups in total. The van der Waals surface area contributed by atoms with Crippen molar-refractivity contribution in [3.05, 3.63) is 70.3 Å². The highest BCUT2D eigenvalue weighted by molar-refractivity contribution is 6.33. The zero-order chi connectivity index (χ0) is 14.3. The molecule has 1 aliphatic rings. The second kappa shape index (κ2) is 4.88.